The lowest BCUT2D eigenvalue weighted by molar-refractivity contribution is 0.134. The third-order valence-electron chi connectivity index (χ3n) is 4.99. The zero-order valence-corrected chi connectivity index (χ0v) is 18.9. The second kappa shape index (κ2) is 9.23. The lowest BCUT2D eigenvalue weighted by atomic mass is 10.1. The largest absolute Gasteiger partial charge is 0.344 e. The van der Waals surface area contributed by atoms with Gasteiger partial charge in [0.05, 0.1) is 23.2 Å². The van der Waals surface area contributed by atoms with Crippen LogP contribution in [0.2, 0.25) is 5.02 Å². The highest BCUT2D eigenvalue weighted by Gasteiger charge is 2.23. The van der Waals surface area contributed by atoms with E-state index in [4.69, 9.17) is 11.6 Å². The molecule has 0 unspecified atom stereocenters. The first-order chi connectivity index (χ1) is 15.3. The molecule has 10 nitrogen and oxygen atoms in total. The summed E-state index contributed by atoms with van der Waals surface area (Å²) in [6.45, 7) is 3.20. The van der Waals surface area contributed by atoms with Crippen LogP contribution in [0.4, 0.5) is 10.6 Å². The van der Waals surface area contributed by atoms with Gasteiger partial charge in [0.1, 0.15) is 0 Å². The van der Waals surface area contributed by atoms with E-state index in [9.17, 15) is 13.2 Å². The van der Waals surface area contributed by atoms with Crippen LogP contribution in [0.5, 0.6) is 0 Å². The highest BCUT2D eigenvalue weighted by atomic mass is 35.5. The van der Waals surface area contributed by atoms with E-state index in [1.165, 1.54) is 12.3 Å². The number of rotatable bonds is 5. The van der Waals surface area contributed by atoms with E-state index in [1.807, 2.05) is 18.2 Å². The van der Waals surface area contributed by atoms with Gasteiger partial charge in [-0.15, -0.1) is 5.10 Å². The van der Waals surface area contributed by atoms with Crippen LogP contribution in [-0.4, -0.2) is 76.4 Å². The molecule has 0 radical (unpaired) electrons. The van der Waals surface area contributed by atoms with Crippen molar-refractivity contribution in [3.05, 3.63) is 59.6 Å². The summed E-state index contributed by atoms with van der Waals surface area (Å²) in [4.78, 5) is 25.1. The Balaban J connectivity index is 1.36. The van der Waals surface area contributed by atoms with Gasteiger partial charge < -0.3 is 4.90 Å². The number of carbonyl (C=O) groups is 1. The molecule has 0 bridgehead atoms. The first-order valence-corrected chi connectivity index (χ1v) is 12.2. The van der Waals surface area contributed by atoms with Crippen LogP contribution in [0, 0.1) is 0 Å². The summed E-state index contributed by atoms with van der Waals surface area (Å²) < 4.78 is 26.0. The zero-order chi connectivity index (χ0) is 22.7. The molecular formula is C20H22ClN7O3S. The van der Waals surface area contributed by atoms with E-state index in [2.05, 4.69) is 24.7 Å². The number of carbonyl (C=O) groups excluding carboxylic acids is 1. The Kier molecular flexibility index (Phi) is 6.40. The van der Waals surface area contributed by atoms with Crippen molar-refractivity contribution in [2.45, 2.75) is 6.54 Å². The number of anilines is 1. The number of benzene rings is 1. The quantitative estimate of drug-likeness (QED) is 0.601. The van der Waals surface area contributed by atoms with E-state index in [1.54, 1.807) is 23.5 Å². The predicted molar refractivity (Wildman–Crippen MR) is 121 cm³/mol. The molecule has 1 aliphatic rings. The molecule has 1 aromatic carbocycles. The average Bonchev–Trinajstić information content (AvgIpc) is 3.22. The van der Waals surface area contributed by atoms with E-state index >= 15 is 0 Å². The van der Waals surface area contributed by atoms with E-state index < -0.39 is 10.0 Å². The van der Waals surface area contributed by atoms with Crippen molar-refractivity contribution in [1.29, 1.82) is 0 Å². The van der Waals surface area contributed by atoms with Gasteiger partial charge in [-0.1, -0.05) is 17.7 Å². The first kappa shape index (κ1) is 22.2. The minimum absolute atomic E-state index is 0.112. The molecule has 1 N–H and O–H groups in total. The molecule has 1 aliphatic heterocycles. The maximum Gasteiger partial charge on any atom is 0.344 e. The molecule has 32 heavy (non-hydrogen) atoms. The van der Waals surface area contributed by atoms with Crippen molar-refractivity contribution in [3.8, 4) is 11.3 Å². The topological polar surface area (TPSA) is 113 Å². The van der Waals surface area contributed by atoms with Crippen molar-refractivity contribution < 1.29 is 13.2 Å². The second-order valence-electron chi connectivity index (χ2n) is 7.47. The van der Waals surface area contributed by atoms with Gasteiger partial charge in [0.2, 0.25) is 10.0 Å². The minimum Gasteiger partial charge on any atom is -0.320 e. The molecule has 0 saturated carbocycles. The minimum atomic E-state index is -3.45. The van der Waals surface area contributed by atoms with Gasteiger partial charge in [-0.25, -0.2) is 13.2 Å². The number of amides is 1. The molecule has 4 rings (SSSR count). The highest BCUT2D eigenvalue weighted by Crippen LogP contribution is 2.27. The Labute approximate surface area is 190 Å². The van der Waals surface area contributed by atoms with Crippen LogP contribution in [0.15, 0.2) is 49.1 Å². The third-order valence-corrected chi connectivity index (χ3v) is 5.90. The van der Waals surface area contributed by atoms with Crippen molar-refractivity contribution in [2.24, 2.45) is 0 Å². The van der Waals surface area contributed by atoms with E-state index in [-0.39, 0.29) is 11.8 Å². The molecule has 3 heterocycles. The fourth-order valence-corrected chi connectivity index (χ4v) is 4.18. The van der Waals surface area contributed by atoms with Gasteiger partial charge in [-0.05, 0) is 17.7 Å². The summed E-state index contributed by atoms with van der Waals surface area (Å²) in [7, 11) is -3.45. The monoisotopic (exact) mass is 475 g/mol. The van der Waals surface area contributed by atoms with E-state index in [0.717, 1.165) is 34.3 Å². The van der Waals surface area contributed by atoms with Gasteiger partial charge in [-0.3, -0.25) is 19.6 Å². The second-order valence-corrected chi connectivity index (χ2v) is 9.63. The van der Waals surface area contributed by atoms with Gasteiger partial charge in [-0.2, -0.15) is 4.68 Å². The van der Waals surface area contributed by atoms with Crippen LogP contribution in [-0.2, 0) is 16.6 Å². The molecule has 12 heteroatoms. The van der Waals surface area contributed by atoms with Crippen molar-refractivity contribution in [2.75, 3.05) is 37.2 Å². The van der Waals surface area contributed by atoms with Crippen molar-refractivity contribution in [3.63, 3.8) is 0 Å². The molecular weight excluding hydrogens is 454 g/mol. The number of halogens is 1. The Bertz CT molecular complexity index is 1210. The van der Waals surface area contributed by atoms with Gasteiger partial charge in [0.15, 0.2) is 5.82 Å². The maximum atomic E-state index is 12.7. The average molecular weight is 476 g/mol. The van der Waals surface area contributed by atoms with Gasteiger partial charge in [0.25, 0.3) is 0 Å². The molecule has 1 amide bonds. The third kappa shape index (κ3) is 5.42. The van der Waals surface area contributed by atoms with Crippen LogP contribution in [0.1, 0.15) is 5.56 Å². The highest BCUT2D eigenvalue weighted by molar-refractivity contribution is 7.92. The van der Waals surface area contributed by atoms with Crippen LogP contribution in [0.25, 0.3) is 11.3 Å². The number of aromatic nitrogens is 4. The molecule has 0 atom stereocenters. The fraction of sp³-hybridized carbons (Fsp3) is 0.300. The van der Waals surface area contributed by atoms with Gasteiger partial charge in [0, 0.05) is 62.9 Å². The fourth-order valence-electron chi connectivity index (χ4n) is 3.48. The summed E-state index contributed by atoms with van der Waals surface area (Å²) >= 11 is 6.35. The summed E-state index contributed by atoms with van der Waals surface area (Å²) in [5.74, 6) is 0.112. The number of nitrogens with one attached hydrogen (secondary N) is 1. The van der Waals surface area contributed by atoms with Gasteiger partial charge >= 0.3 is 6.03 Å². The number of sulfonamides is 1. The number of nitrogens with zero attached hydrogens (tertiary/aromatic N) is 6. The number of hydrogen-bond donors (Lipinski definition) is 1. The Hall–Kier alpha value is -3.02. The SMILES string of the molecule is CS(=O)(=O)Nc1ccn(C(=O)N2CCN(Cc3ccc(Cl)c(-c4cnccn4)c3)CC2)n1. The molecule has 168 valence electrons. The molecule has 1 saturated heterocycles. The summed E-state index contributed by atoms with van der Waals surface area (Å²) in [5, 5.41) is 4.62. The Morgan fingerprint density at radius 2 is 1.94 bits per heavy atom. The maximum absolute atomic E-state index is 12.7. The van der Waals surface area contributed by atoms with Crippen LogP contribution in [0.3, 0.4) is 0 Å². The number of piperazine rings is 1. The molecule has 1 fully saturated rings. The van der Waals surface area contributed by atoms with Crippen LogP contribution < -0.4 is 4.72 Å². The smallest absolute Gasteiger partial charge is 0.320 e. The summed E-state index contributed by atoms with van der Waals surface area (Å²) in [5.41, 5.74) is 2.65. The molecule has 0 aliphatic carbocycles. The Morgan fingerprint density at radius 1 is 1.16 bits per heavy atom. The van der Waals surface area contributed by atoms with Crippen molar-refractivity contribution in [1.82, 2.24) is 29.5 Å². The molecule has 0 spiro atoms. The first-order valence-electron chi connectivity index (χ1n) is 9.88. The Morgan fingerprint density at radius 3 is 2.62 bits per heavy atom. The standard InChI is InChI=1S/C20H22ClN7O3S/c1-32(30,31)25-19-4-7-28(24-19)20(29)27-10-8-26(9-11-27)14-15-2-3-17(21)16(12-15)18-13-22-5-6-23-18/h2-7,12-13H,8-11,14H2,1H3,(H,24,25). The summed E-state index contributed by atoms with van der Waals surface area (Å²) in [6.07, 6.45) is 7.41. The predicted octanol–water partition coefficient (Wildman–Crippen LogP) is 2.15. The molecule has 2 aromatic heterocycles. The van der Waals surface area contributed by atoms with E-state index in [0.29, 0.717) is 31.2 Å². The number of hydrogen-bond acceptors (Lipinski definition) is 7. The molecule has 3 aromatic rings. The lowest BCUT2D eigenvalue weighted by Crippen LogP contribution is -2.49. The normalized spacial score (nSPS) is 15.0. The van der Waals surface area contributed by atoms with Crippen LogP contribution >= 0.6 is 11.6 Å². The lowest BCUT2D eigenvalue weighted by Gasteiger charge is -2.34. The zero-order valence-electron chi connectivity index (χ0n) is 17.3. The van der Waals surface area contributed by atoms with Crippen molar-refractivity contribution >= 4 is 33.5 Å². The summed E-state index contributed by atoms with van der Waals surface area (Å²) in [6, 6.07) is 7.02.